The molecule has 2 aromatic rings. The third kappa shape index (κ3) is 7.46. The first-order chi connectivity index (χ1) is 24.1. The summed E-state index contributed by atoms with van der Waals surface area (Å²) in [6.45, 7) is 7.31. The van der Waals surface area contributed by atoms with Crippen LogP contribution < -0.4 is 25.7 Å². The molecule has 0 radical (unpaired) electrons. The quantitative estimate of drug-likeness (QED) is 0.307. The van der Waals surface area contributed by atoms with Crippen molar-refractivity contribution < 1.29 is 37.4 Å². The number of amides is 4. The van der Waals surface area contributed by atoms with Gasteiger partial charge < -0.3 is 25.4 Å². The molecule has 3 fully saturated rings. The number of rotatable bonds is 7. The lowest BCUT2D eigenvalue weighted by Crippen LogP contribution is -2.59. The molecule has 4 amide bonds. The van der Waals surface area contributed by atoms with Crippen molar-refractivity contribution in [1.82, 2.24) is 30.0 Å². The Morgan fingerprint density at radius 1 is 1.08 bits per heavy atom. The van der Waals surface area contributed by atoms with Gasteiger partial charge in [0.05, 0.1) is 28.6 Å². The van der Waals surface area contributed by atoms with E-state index in [9.17, 15) is 37.5 Å². The lowest BCUT2D eigenvalue weighted by molar-refractivity contribution is -0.142. The van der Waals surface area contributed by atoms with E-state index in [1.54, 1.807) is 31.2 Å². The first-order valence-corrected chi connectivity index (χ1v) is 19.2. The summed E-state index contributed by atoms with van der Waals surface area (Å²) in [5, 5.41) is 19.6. The van der Waals surface area contributed by atoms with Gasteiger partial charge >= 0.3 is 6.09 Å². The van der Waals surface area contributed by atoms with E-state index in [1.807, 2.05) is 32.9 Å². The fourth-order valence-corrected chi connectivity index (χ4v) is 8.77. The van der Waals surface area contributed by atoms with E-state index < -0.39 is 74.7 Å². The van der Waals surface area contributed by atoms with Gasteiger partial charge in [0.15, 0.2) is 0 Å². The van der Waals surface area contributed by atoms with Gasteiger partial charge in [-0.3, -0.25) is 23.9 Å². The number of fused-ring (bicyclic) bond motifs is 3. The number of ether oxygens (including phenoxy) is 1. The maximum Gasteiger partial charge on any atom is 0.405 e. The third-order valence-electron chi connectivity index (χ3n) is 10.5. The largest absolute Gasteiger partial charge is 0.471 e. The summed E-state index contributed by atoms with van der Waals surface area (Å²) in [4.78, 5) is 68.7. The number of aromatic nitrogens is 2. The number of sulfonamides is 1. The number of allylic oxidation sites excluding steroid dienone is 1. The summed E-state index contributed by atoms with van der Waals surface area (Å²) < 4.78 is 35.5. The van der Waals surface area contributed by atoms with E-state index in [0.717, 1.165) is 6.42 Å². The normalized spacial score (nSPS) is 30.7. The van der Waals surface area contributed by atoms with Crippen molar-refractivity contribution in [3.8, 4) is 5.88 Å². The average Bonchev–Trinajstić information content (AvgIpc) is 3.99. The summed E-state index contributed by atoms with van der Waals surface area (Å²) in [5.74, 6) is -2.80. The van der Waals surface area contributed by atoms with Crippen LogP contribution in [0.3, 0.4) is 0 Å². The lowest BCUT2D eigenvalue weighted by Gasteiger charge is -2.32. The molecule has 15 nitrogen and oxygen atoms in total. The van der Waals surface area contributed by atoms with Gasteiger partial charge in [-0.05, 0) is 76.3 Å². The molecule has 0 unspecified atom stereocenters. The summed E-state index contributed by atoms with van der Waals surface area (Å²) in [6, 6.07) is 4.15. The second-order valence-corrected chi connectivity index (χ2v) is 16.8. The van der Waals surface area contributed by atoms with E-state index >= 15 is 0 Å². The van der Waals surface area contributed by atoms with Crippen molar-refractivity contribution in [3.05, 3.63) is 46.8 Å². The summed E-state index contributed by atoms with van der Waals surface area (Å²) in [6.07, 6.45) is 4.47. The monoisotopic (exact) mass is 726 g/mol. The zero-order valence-corrected chi connectivity index (χ0v) is 30.0. The van der Waals surface area contributed by atoms with Crippen LogP contribution in [-0.2, 0) is 24.4 Å². The lowest BCUT2D eigenvalue weighted by atomic mass is 9.88. The third-order valence-corrected chi connectivity index (χ3v) is 12.3. The van der Waals surface area contributed by atoms with Crippen LogP contribution in [0.15, 0.2) is 41.2 Å². The predicted molar refractivity (Wildman–Crippen MR) is 186 cm³/mol. The minimum absolute atomic E-state index is 0.0441. The first kappa shape index (κ1) is 36.3. The number of nitrogens with zero attached hydrogens (tertiary/aromatic N) is 3. The van der Waals surface area contributed by atoms with E-state index in [0.29, 0.717) is 36.5 Å². The van der Waals surface area contributed by atoms with Crippen LogP contribution in [0.1, 0.15) is 78.7 Å². The number of hydrogen-bond donors (Lipinski definition) is 4. The molecule has 2 saturated carbocycles. The van der Waals surface area contributed by atoms with Gasteiger partial charge in [-0.15, -0.1) is 5.10 Å². The molecule has 51 heavy (non-hydrogen) atoms. The Morgan fingerprint density at radius 3 is 2.45 bits per heavy atom. The summed E-state index contributed by atoms with van der Waals surface area (Å²) in [7, 11) is -3.92. The molecular weight excluding hydrogens is 680 g/mol. The molecule has 4 aliphatic rings. The average molecular weight is 727 g/mol. The summed E-state index contributed by atoms with van der Waals surface area (Å²) >= 11 is 0. The zero-order valence-electron chi connectivity index (χ0n) is 29.2. The number of carbonyl (C=O) groups excluding carboxylic acids is 3. The van der Waals surface area contributed by atoms with E-state index in [1.165, 1.54) is 9.58 Å². The highest BCUT2D eigenvalue weighted by atomic mass is 32.2. The van der Waals surface area contributed by atoms with Crippen molar-refractivity contribution in [2.45, 2.75) is 108 Å². The van der Waals surface area contributed by atoms with Crippen molar-refractivity contribution in [1.29, 1.82) is 0 Å². The van der Waals surface area contributed by atoms with E-state index in [4.69, 9.17) is 4.74 Å². The fourth-order valence-electron chi connectivity index (χ4n) is 7.40. The van der Waals surface area contributed by atoms with Crippen LogP contribution in [0.4, 0.5) is 4.79 Å². The molecule has 1 aromatic heterocycles. The predicted octanol–water partition coefficient (Wildman–Crippen LogP) is 2.46. The van der Waals surface area contributed by atoms with Crippen molar-refractivity contribution >= 4 is 44.6 Å². The van der Waals surface area contributed by atoms with Crippen LogP contribution in [0.5, 0.6) is 5.88 Å². The topological polar surface area (TPSA) is 206 Å². The Kier molecular flexibility index (Phi) is 9.92. The van der Waals surface area contributed by atoms with Gasteiger partial charge in [0.1, 0.15) is 23.7 Å². The van der Waals surface area contributed by atoms with E-state index in [-0.39, 0.29) is 42.8 Å². The number of hydrogen-bond acceptors (Lipinski definition) is 9. The Balaban J connectivity index is 1.36. The molecule has 276 valence electrons. The van der Waals surface area contributed by atoms with Gasteiger partial charge in [-0.25, -0.2) is 17.9 Å². The second kappa shape index (κ2) is 13.9. The molecule has 7 atom stereocenters. The van der Waals surface area contributed by atoms with Crippen LogP contribution in [0, 0.1) is 17.8 Å². The molecular formula is C35H46N6O9S. The van der Waals surface area contributed by atoms with Crippen molar-refractivity contribution in [2.75, 3.05) is 6.54 Å². The van der Waals surface area contributed by atoms with Crippen molar-refractivity contribution in [2.24, 2.45) is 17.8 Å². The number of carbonyl (C=O) groups is 4. The molecule has 2 aliphatic heterocycles. The maximum atomic E-state index is 14.4. The Labute approximate surface area is 296 Å². The molecule has 2 aliphatic carbocycles. The Hall–Kier alpha value is -4.47. The minimum atomic E-state index is -3.92. The number of nitrogens with one attached hydrogen (secondary N) is 3. The standard InChI is InChI=1S/C35H46N6O9S/c1-19(2)41-31(43)26-12-8-7-11-25(26)30(38-41)50-23-16-27-29(42)37-35(33(45)39-51(48,49)24-13-14-24)17-22(35)10-6-5-9-20(3)15-21(4)28(36-34(46)47)32(44)40(27)18-23/h6-8,10-12,19-24,27-28,36H,5,9,13-18H2,1-4H3,(H,37,42)(H,39,45)(H,46,47)/b10-6-/t20-,21-,22-,23-,27+,28+,35-/m1/s1. The highest BCUT2D eigenvalue weighted by molar-refractivity contribution is 7.91. The molecule has 1 aromatic carbocycles. The van der Waals surface area contributed by atoms with Gasteiger partial charge in [0, 0.05) is 12.3 Å². The van der Waals surface area contributed by atoms with Gasteiger partial charge in [0.25, 0.3) is 11.5 Å². The van der Waals surface area contributed by atoms with Crippen LogP contribution in [0.25, 0.3) is 10.8 Å². The van der Waals surface area contributed by atoms with Gasteiger partial charge in [-0.1, -0.05) is 38.1 Å². The molecule has 16 heteroatoms. The SMILES string of the molecule is CC(C)n1nc(O[C@@H]2C[C@H]3C(=O)N[C@]4(C(=O)NS(=O)(=O)C5CC5)C[C@H]4/C=C\CC[C@@H](C)C[C@@H](C)[C@H](NC(=O)O)C(=O)N3C2)c2ccccc2c1=O. The van der Waals surface area contributed by atoms with Crippen LogP contribution >= 0.6 is 0 Å². The fraction of sp³-hybridized carbons (Fsp3) is 0.600. The smallest absolute Gasteiger partial charge is 0.405 e. The van der Waals surface area contributed by atoms with Crippen LogP contribution in [-0.4, -0.2) is 87.5 Å². The van der Waals surface area contributed by atoms with Gasteiger partial charge in [-0.2, -0.15) is 0 Å². The first-order valence-electron chi connectivity index (χ1n) is 17.6. The Bertz CT molecular complexity index is 1930. The molecule has 1 saturated heterocycles. The van der Waals surface area contributed by atoms with E-state index in [2.05, 4.69) is 20.5 Å². The molecule has 4 N–H and O–H groups in total. The molecule has 0 spiro atoms. The summed E-state index contributed by atoms with van der Waals surface area (Å²) in [5.41, 5.74) is -1.85. The molecule has 3 heterocycles. The molecule has 6 rings (SSSR count). The Morgan fingerprint density at radius 2 is 1.78 bits per heavy atom. The molecule has 0 bridgehead atoms. The van der Waals surface area contributed by atoms with Crippen molar-refractivity contribution in [3.63, 3.8) is 0 Å². The zero-order chi connectivity index (χ0) is 36.8. The highest BCUT2D eigenvalue weighted by Gasteiger charge is 2.62. The minimum Gasteiger partial charge on any atom is -0.471 e. The van der Waals surface area contributed by atoms with Gasteiger partial charge in [0.2, 0.25) is 27.7 Å². The highest BCUT2D eigenvalue weighted by Crippen LogP contribution is 2.46. The second-order valence-electron chi connectivity index (χ2n) is 14.9. The van der Waals surface area contributed by atoms with Crippen LogP contribution in [0.2, 0.25) is 0 Å². The number of carboxylic acid groups (broad SMARTS) is 1. The maximum absolute atomic E-state index is 14.4. The number of benzene rings is 1.